The van der Waals surface area contributed by atoms with Crippen LogP contribution in [-0.2, 0) is 4.74 Å². The topological polar surface area (TPSA) is 65.4 Å². The molecule has 0 radical (unpaired) electrons. The van der Waals surface area contributed by atoms with E-state index in [1.54, 1.807) is 7.05 Å². The van der Waals surface area contributed by atoms with Crippen molar-refractivity contribution in [2.45, 2.75) is 12.8 Å². The Morgan fingerprint density at radius 2 is 2.43 bits per heavy atom. The molecule has 2 amide bonds. The third-order valence-corrected chi connectivity index (χ3v) is 3.47. The highest BCUT2D eigenvalue weighted by molar-refractivity contribution is 5.89. The van der Waals surface area contributed by atoms with Gasteiger partial charge in [0.2, 0.25) is 0 Å². The molecule has 1 saturated heterocycles. The van der Waals surface area contributed by atoms with Crippen LogP contribution in [0.4, 0.5) is 14.9 Å². The maximum Gasteiger partial charge on any atom is 0.321 e. The van der Waals surface area contributed by atoms with Crippen molar-refractivity contribution in [3.63, 3.8) is 0 Å². The Labute approximate surface area is 123 Å². The second-order valence-corrected chi connectivity index (χ2v) is 5.20. The van der Waals surface area contributed by atoms with Crippen LogP contribution in [0.2, 0.25) is 0 Å². The van der Waals surface area contributed by atoms with E-state index in [0.29, 0.717) is 24.6 Å². The summed E-state index contributed by atoms with van der Waals surface area (Å²) in [5.41, 5.74) is 0.320. The molecule has 0 aromatic heterocycles. The van der Waals surface area contributed by atoms with E-state index in [1.165, 1.54) is 23.1 Å². The lowest BCUT2D eigenvalue weighted by molar-refractivity contribution is 0.0464. The number of amides is 2. The lowest BCUT2D eigenvalue weighted by atomic mass is 10.0. The molecule has 0 spiro atoms. The molecule has 6 heteroatoms. The number of benzene rings is 1. The van der Waals surface area contributed by atoms with Crippen molar-refractivity contribution in [1.82, 2.24) is 4.90 Å². The molecular weight excluding hydrogens is 273 g/mol. The molecule has 21 heavy (non-hydrogen) atoms. The zero-order chi connectivity index (χ0) is 15.2. The van der Waals surface area contributed by atoms with Gasteiger partial charge in [0.1, 0.15) is 5.82 Å². The highest BCUT2D eigenvalue weighted by atomic mass is 19.1. The summed E-state index contributed by atoms with van der Waals surface area (Å²) < 4.78 is 19.0. The molecule has 1 aliphatic heterocycles. The summed E-state index contributed by atoms with van der Waals surface area (Å²) in [4.78, 5) is 13.6. The number of halogens is 1. The van der Waals surface area contributed by atoms with Gasteiger partial charge in [0.05, 0.1) is 23.9 Å². The lowest BCUT2D eigenvalue weighted by Crippen LogP contribution is -2.37. The molecule has 0 aliphatic carbocycles. The fourth-order valence-corrected chi connectivity index (χ4v) is 2.32. The van der Waals surface area contributed by atoms with Crippen LogP contribution in [0.1, 0.15) is 18.4 Å². The van der Waals surface area contributed by atoms with Gasteiger partial charge in [-0.25, -0.2) is 9.18 Å². The summed E-state index contributed by atoms with van der Waals surface area (Å²) in [5, 5.41) is 11.3. The van der Waals surface area contributed by atoms with Crippen LogP contribution in [-0.4, -0.2) is 37.7 Å². The molecule has 1 aromatic carbocycles. The van der Waals surface area contributed by atoms with Gasteiger partial charge in [-0.15, -0.1) is 0 Å². The van der Waals surface area contributed by atoms with Gasteiger partial charge in [0.15, 0.2) is 0 Å². The van der Waals surface area contributed by atoms with E-state index >= 15 is 0 Å². The van der Waals surface area contributed by atoms with E-state index in [0.717, 1.165) is 19.4 Å². The number of anilines is 1. The summed E-state index contributed by atoms with van der Waals surface area (Å²) in [6.07, 6.45) is 2.02. The van der Waals surface area contributed by atoms with Crippen molar-refractivity contribution in [2.75, 3.05) is 32.1 Å². The van der Waals surface area contributed by atoms with Gasteiger partial charge in [0.25, 0.3) is 0 Å². The highest BCUT2D eigenvalue weighted by Gasteiger charge is 2.19. The number of rotatable bonds is 3. The van der Waals surface area contributed by atoms with Gasteiger partial charge in [-0.1, -0.05) is 0 Å². The molecule has 2 rings (SSSR count). The molecule has 1 fully saturated rings. The number of hydrogen-bond acceptors (Lipinski definition) is 3. The van der Waals surface area contributed by atoms with Crippen molar-refractivity contribution in [3.05, 3.63) is 29.6 Å². The second kappa shape index (κ2) is 7.04. The van der Waals surface area contributed by atoms with E-state index in [-0.39, 0.29) is 5.69 Å². The molecule has 0 bridgehead atoms. The third-order valence-electron chi connectivity index (χ3n) is 3.47. The smallest absolute Gasteiger partial charge is 0.321 e. The number of urea groups is 1. The first kappa shape index (κ1) is 15.3. The Morgan fingerprint density at radius 3 is 3.10 bits per heavy atom. The van der Waals surface area contributed by atoms with Crippen molar-refractivity contribution in [1.29, 1.82) is 5.26 Å². The van der Waals surface area contributed by atoms with Crippen LogP contribution in [0.3, 0.4) is 0 Å². The van der Waals surface area contributed by atoms with E-state index < -0.39 is 11.8 Å². The van der Waals surface area contributed by atoms with Crippen molar-refractivity contribution >= 4 is 11.7 Å². The Morgan fingerprint density at radius 1 is 1.62 bits per heavy atom. The molecule has 112 valence electrons. The Balaban J connectivity index is 1.95. The first-order valence-electron chi connectivity index (χ1n) is 6.89. The SMILES string of the molecule is CN(C[C@H]1CCCOC1)C(=O)Nc1cc(C#N)ccc1F. The molecule has 1 atom stereocenters. The number of nitrogens with one attached hydrogen (secondary N) is 1. The number of hydrogen-bond donors (Lipinski definition) is 1. The predicted molar refractivity (Wildman–Crippen MR) is 76.3 cm³/mol. The molecule has 0 saturated carbocycles. The molecule has 0 unspecified atom stereocenters. The van der Waals surface area contributed by atoms with Gasteiger partial charge in [-0.05, 0) is 31.0 Å². The standard InChI is InChI=1S/C15H18FN3O2/c1-19(9-12-3-2-6-21-10-12)15(20)18-14-7-11(8-17)4-5-13(14)16/h4-5,7,12H,2-3,6,9-10H2,1H3,(H,18,20)/t12-/m1/s1. The Hall–Kier alpha value is -2.13. The molecule has 5 nitrogen and oxygen atoms in total. The number of nitriles is 1. The zero-order valence-corrected chi connectivity index (χ0v) is 11.9. The molecular formula is C15H18FN3O2. The van der Waals surface area contributed by atoms with Gasteiger partial charge in [-0.3, -0.25) is 0 Å². The number of carbonyl (C=O) groups is 1. The quantitative estimate of drug-likeness (QED) is 0.931. The first-order chi connectivity index (χ1) is 10.1. The molecule has 1 aliphatic rings. The van der Waals surface area contributed by atoms with Gasteiger partial charge >= 0.3 is 6.03 Å². The van der Waals surface area contributed by atoms with Gasteiger partial charge < -0.3 is 15.0 Å². The monoisotopic (exact) mass is 291 g/mol. The average Bonchev–Trinajstić information content (AvgIpc) is 2.50. The highest BCUT2D eigenvalue weighted by Crippen LogP contribution is 2.18. The van der Waals surface area contributed by atoms with Crippen molar-refractivity contribution in [2.24, 2.45) is 5.92 Å². The predicted octanol–water partition coefficient (Wildman–Crippen LogP) is 2.59. The van der Waals surface area contributed by atoms with Crippen LogP contribution in [0, 0.1) is 23.1 Å². The molecule has 1 aromatic rings. The van der Waals surface area contributed by atoms with Crippen LogP contribution in [0.15, 0.2) is 18.2 Å². The largest absolute Gasteiger partial charge is 0.381 e. The number of nitrogens with zero attached hydrogens (tertiary/aromatic N) is 2. The van der Waals surface area contributed by atoms with Crippen molar-refractivity contribution in [3.8, 4) is 6.07 Å². The molecule has 1 N–H and O–H groups in total. The zero-order valence-electron chi connectivity index (χ0n) is 11.9. The fourth-order valence-electron chi connectivity index (χ4n) is 2.32. The Bertz CT molecular complexity index is 550. The van der Waals surface area contributed by atoms with Crippen molar-refractivity contribution < 1.29 is 13.9 Å². The lowest BCUT2D eigenvalue weighted by Gasteiger charge is -2.27. The van der Waals surface area contributed by atoms with E-state index in [1.807, 2.05) is 6.07 Å². The van der Waals surface area contributed by atoms with Gasteiger partial charge in [-0.2, -0.15) is 5.26 Å². The minimum Gasteiger partial charge on any atom is -0.381 e. The maximum absolute atomic E-state index is 13.6. The van der Waals surface area contributed by atoms with Crippen LogP contribution >= 0.6 is 0 Å². The van der Waals surface area contributed by atoms with Crippen LogP contribution < -0.4 is 5.32 Å². The average molecular weight is 291 g/mol. The normalized spacial score (nSPS) is 17.9. The summed E-state index contributed by atoms with van der Waals surface area (Å²) in [6.45, 7) is 1.99. The fraction of sp³-hybridized carbons (Fsp3) is 0.467. The summed E-state index contributed by atoms with van der Waals surface area (Å²) in [6, 6.07) is 5.38. The van der Waals surface area contributed by atoms with E-state index in [4.69, 9.17) is 10.00 Å². The maximum atomic E-state index is 13.6. The number of ether oxygens (including phenoxy) is 1. The third kappa shape index (κ3) is 4.17. The summed E-state index contributed by atoms with van der Waals surface area (Å²) in [5.74, 6) is -0.249. The minimum atomic E-state index is -0.559. The first-order valence-corrected chi connectivity index (χ1v) is 6.89. The summed E-state index contributed by atoms with van der Waals surface area (Å²) in [7, 11) is 1.66. The second-order valence-electron chi connectivity index (χ2n) is 5.20. The van der Waals surface area contributed by atoms with Crippen LogP contribution in [0.5, 0.6) is 0 Å². The molecule has 1 heterocycles. The Kier molecular flexibility index (Phi) is 5.12. The minimum absolute atomic E-state index is 0.0193. The van der Waals surface area contributed by atoms with E-state index in [9.17, 15) is 9.18 Å². The summed E-state index contributed by atoms with van der Waals surface area (Å²) >= 11 is 0. The van der Waals surface area contributed by atoms with E-state index in [2.05, 4.69) is 5.32 Å². The van der Waals surface area contributed by atoms with Crippen LogP contribution in [0.25, 0.3) is 0 Å². The van der Waals surface area contributed by atoms with Gasteiger partial charge in [0, 0.05) is 26.1 Å². The number of carbonyl (C=O) groups excluding carboxylic acids is 1.